The molecule has 17 heavy (non-hydrogen) atoms. The lowest BCUT2D eigenvalue weighted by atomic mass is 10.1. The number of benzene rings is 1. The standard InChI is InChI=1S/C13H17BrN2O/c1-13(2,14)12(17)15-10-4-5-11-9(8-10)6-7-16(11)3/h4-5,8H,6-7H2,1-3H3,(H,15,17). The summed E-state index contributed by atoms with van der Waals surface area (Å²) in [6, 6.07) is 6.09. The Balaban J connectivity index is 2.17. The van der Waals surface area contributed by atoms with Crippen molar-refractivity contribution in [2.24, 2.45) is 0 Å². The summed E-state index contributed by atoms with van der Waals surface area (Å²) in [4.78, 5) is 14.1. The van der Waals surface area contributed by atoms with E-state index in [4.69, 9.17) is 0 Å². The van der Waals surface area contributed by atoms with Crippen LogP contribution < -0.4 is 10.2 Å². The van der Waals surface area contributed by atoms with E-state index in [-0.39, 0.29) is 5.91 Å². The summed E-state index contributed by atoms with van der Waals surface area (Å²) in [5.41, 5.74) is 3.44. The second-order valence-electron chi connectivity index (χ2n) is 4.94. The summed E-state index contributed by atoms with van der Waals surface area (Å²) in [6.07, 6.45) is 1.05. The first kappa shape index (κ1) is 12.4. The predicted molar refractivity (Wildman–Crippen MR) is 75.1 cm³/mol. The molecule has 1 aliphatic rings. The zero-order valence-corrected chi connectivity index (χ0v) is 12.0. The number of rotatable bonds is 2. The molecule has 4 heteroatoms. The second kappa shape index (κ2) is 4.33. The van der Waals surface area contributed by atoms with Gasteiger partial charge in [-0.2, -0.15) is 0 Å². The van der Waals surface area contributed by atoms with Crippen molar-refractivity contribution in [1.82, 2.24) is 0 Å². The minimum absolute atomic E-state index is 0.0243. The number of hydrogen-bond donors (Lipinski definition) is 1. The number of carbonyl (C=O) groups excluding carboxylic acids is 1. The minimum atomic E-state index is -0.539. The molecule has 0 aromatic heterocycles. The first-order valence-corrected chi connectivity index (χ1v) is 6.51. The number of nitrogens with zero attached hydrogens (tertiary/aromatic N) is 1. The van der Waals surface area contributed by atoms with E-state index < -0.39 is 4.32 Å². The van der Waals surface area contributed by atoms with Gasteiger partial charge in [-0.3, -0.25) is 4.79 Å². The quantitative estimate of drug-likeness (QED) is 0.851. The predicted octanol–water partition coefficient (Wildman–Crippen LogP) is 2.79. The van der Waals surface area contributed by atoms with Gasteiger partial charge in [-0.25, -0.2) is 0 Å². The van der Waals surface area contributed by atoms with Crippen LogP contribution >= 0.6 is 15.9 Å². The number of nitrogens with one attached hydrogen (secondary N) is 1. The first-order chi connectivity index (χ1) is 7.88. The molecular weight excluding hydrogens is 280 g/mol. The molecule has 0 saturated carbocycles. The fraction of sp³-hybridized carbons (Fsp3) is 0.462. The van der Waals surface area contributed by atoms with Gasteiger partial charge in [0, 0.05) is 25.0 Å². The molecule has 1 aliphatic heterocycles. The van der Waals surface area contributed by atoms with Crippen LogP contribution in [-0.2, 0) is 11.2 Å². The maximum atomic E-state index is 11.8. The summed E-state index contributed by atoms with van der Waals surface area (Å²) in [6.45, 7) is 4.73. The molecule has 1 aromatic carbocycles. The van der Waals surface area contributed by atoms with Gasteiger partial charge in [-0.05, 0) is 44.0 Å². The van der Waals surface area contributed by atoms with Gasteiger partial charge in [0.15, 0.2) is 0 Å². The highest BCUT2D eigenvalue weighted by Gasteiger charge is 2.24. The summed E-state index contributed by atoms with van der Waals surface area (Å²) >= 11 is 3.35. The lowest BCUT2D eigenvalue weighted by Crippen LogP contribution is -2.30. The van der Waals surface area contributed by atoms with E-state index in [1.165, 1.54) is 11.3 Å². The van der Waals surface area contributed by atoms with Gasteiger partial charge < -0.3 is 10.2 Å². The van der Waals surface area contributed by atoms with Crippen LogP contribution in [0, 0.1) is 0 Å². The van der Waals surface area contributed by atoms with Gasteiger partial charge in [0.05, 0.1) is 4.32 Å². The lowest BCUT2D eigenvalue weighted by molar-refractivity contribution is -0.117. The van der Waals surface area contributed by atoms with Crippen molar-refractivity contribution >= 4 is 33.2 Å². The van der Waals surface area contributed by atoms with E-state index in [0.717, 1.165) is 18.7 Å². The molecule has 1 heterocycles. The number of anilines is 2. The monoisotopic (exact) mass is 296 g/mol. The molecule has 0 radical (unpaired) electrons. The van der Waals surface area contributed by atoms with Gasteiger partial charge in [0.2, 0.25) is 5.91 Å². The largest absolute Gasteiger partial charge is 0.374 e. The van der Waals surface area contributed by atoms with Crippen molar-refractivity contribution in [2.75, 3.05) is 23.8 Å². The first-order valence-electron chi connectivity index (χ1n) is 5.72. The molecule has 0 unspecified atom stereocenters. The Kier molecular flexibility index (Phi) is 3.17. The third kappa shape index (κ3) is 2.63. The van der Waals surface area contributed by atoms with Crippen LogP contribution in [-0.4, -0.2) is 23.8 Å². The fourth-order valence-electron chi connectivity index (χ4n) is 1.92. The Hall–Kier alpha value is -1.03. The van der Waals surface area contributed by atoms with Gasteiger partial charge in [-0.15, -0.1) is 0 Å². The summed E-state index contributed by atoms with van der Waals surface area (Å²) in [7, 11) is 2.09. The number of hydrogen-bond acceptors (Lipinski definition) is 2. The molecule has 1 aromatic rings. The zero-order chi connectivity index (χ0) is 12.6. The molecule has 0 spiro atoms. The number of likely N-dealkylation sites (N-methyl/N-ethyl adjacent to an activating group) is 1. The Morgan fingerprint density at radius 2 is 2.18 bits per heavy atom. The normalized spacial score (nSPS) is 14.7. The summed E-state index contributed by atoms with van der Waals surface area (Å²) in [5, 5.41) is 2.92. The van der Waals surface area contributed by atoms with Crippen molar-refractivity contribution in [3.05, 3.63) is 23.8 Å². The van der Waals surface area contributed by atoms with Crippen LogP contribution in [0.1, 0.15) is 19.4 Å². The Bertz CT molecular complexity index is 451. The van der Waals surface area contributed by atoms with E-state index in [1.54, 1.807) is 0 Å². The Labute approximate surface area is 110 Å². The smallest absolute Gasteiger partial charge is 0.240 e. The SMILES string of the molecule is CN1CCc2cc(NC(=O)C(C)(C)Br)ccc21. The molecule has 1 N–H and O–H groups in total. The highest BCUT2D eigenvalue weighted by molar-refractivity contribution is 9.10. The van der Waals surface area contributed by atoms with Crippen molar-refractivity contribution in [2.45, 2.75) is 24.6 Å². The van der Waals surface area contributed by atoms with Gasteiger partial charge in [-0.1, -0.05) is 15.9 Å². The average molecular weight is 297 g/mol. The van der Waals surface area contributed by atoms with E-state index in [1.807, 2.05) is 19.9 Å². The number of alkyl halides is 1. The maximum absolute atomic E-state index is 11.8. The molecule has 0 saturated heterocycles. The van der Waals surface area contributed by atoms with Crippen molar-refractivity contribution in [3.63, 3.8) is 0 Å². The van der Waals surface area contributed by atoms with Crippen molar-refractivity contribution in [1.29, 1.82) is 0 Å². The van der Waals surface area contributed by atoms with E-state index >= 15 is 0 Å². The van der Waals surface area contributed by atoms with Crippen LogP contribution in [0.5, 0.6) is 0 Å². The second-order valence-corrected chi connectivity index (χ2v) is 6.92. The van der Waals surface area contributed by atoms with Crippen LogP contribution in [0.2, 0.25) is 0 Å². The molecule has 0 fully saturated rings. The maximum Gasteiger partial charge on any atom is 0.240 e. The average Bonchev–Trinajstić information content (AvgIpc) is 2.59. The number of amides is 1. The molecule has 3 nitrogen and oxygen atoms in total. The third-order valence-corrected chi connectivity index (χ3v) is 3.37. The molecule has 0 aliphatic carbocycles. The van der Waals surface area contributed by atoms with Gasteiger partial charge in [0.1, 0.15) is 0 Å². The molecule has 1 amide bonds. The van der Waals surface area contributed by atoms with Crippen LogP contribution in [0.4, 0.5) is 11.4 Å². The zero-order valence-electron chi connectivity index (χ0n) is 10.4. The minimum Gasteiger partial charge on any atom is -0.374 e. The Morgan fingerprint density at radius 1 is 1.47 bits per heavy atom. The van der Waals surface area contributed by atoms with Crippen molar-refractivity contribution < 1.29 is 4.79 Å². The van der Waals surface area contributed by atoms with Gasteiger partial charge in [0.25, 0.3) is 0 Å². The van der Waals surface area contributed by atoms with E-state index in [9.17, 15) is 4.79 Å². The lowest BCUT2D eigenvalue weighted by Gasteiger charge is -2.17. The number of fused-ring (bicyclic) bond motifs is 1. The fourth-order valence-corrected chi connectivity index (χ4v) is 2.02. The summed E-state index contributed by atoms with van der Waals surface area (Å²) < 4.78 is -0.539. The topological polar surface area (TPSA) is 32.3 Å². The molecule has 0 bridgehead atoms. The molecule has 92 valence electrons. The van der Waals surface area contributed by atoms with Crippen molar-refractivity contribution in [3.8, 4) is 0 Å². The van der Waals surface area contributed by atoms with Gasteiger partial charge >= 0.3 is 0 Å². The van der Waals surface area contributed by atoms with Crippen LogP contribution in [0.3, 0.4) is 0 Å². The van der Waals surface area contributed by atoms with Crippen LogP contribution in [0.25, 0.3) is 0 Å². The Morgan fingerprint density at radius 3 is 2.82 bits per heavy atom. The van der Waals surface area contributed by atoms with Crippen LogP contribution in [0.15, 0.2) is 18.2 Å². The van der Waals surface area contributed by atoms with E-state index in [2.05, 4.69) is 45.3 Å². The number of halogens is 1. The van der Waals surface area contributed by atoms with E-state index in [0.29, 0.717) is 0 Å². The number of carbonyl (C=O) groups is 1. The summed E-state index contributed by atoms with van der Waals surface area (Å²) in [5.74, 6) is -0.0243. The molecule has 0 atom stereocenters. The highest BCUT2D eigenvalue weighted by Crippen LogP contribution is 2.29. The third-order valence-electron chi connectivity index (χ3n) is 3.01. The molecular formula is C13H17BrN2O. The molecule has 2 rings (SSSR count). The highest BCUT2D eigenvalue weighted by atomic mass is 79.9.